The summed E-state index contributed by atoms with van der Waals surface area (Å²) in [7, 11) is 0. The van der Waals surface area contributed by atoms with E-state index >= 15 is 0 Å². The molecule has 0 radical (unpaired) electrons. The van der Waals surface area contributed by atoms with Crippen molar-refractivity contribution in [2.24, 2.45) is 47.3 Å². The molecule has 8 bridgehead atoms. The van der Waals surface area contributed by atoms with E-state index in [1.807, 2.05) is 0 Å². The van der Waals surface area contributed by atoms with Gasteiger partial charge in [0, 0.05) is 50.4 Å². The highest BCUT2D eigenvalue weighted by atomic mass is 15.1. The molecule has 0 N–H and O–H groups in total. The monoisotopic (exact) mass is 1380 g/mol. The van der Waals surface area contributed by atoms with Crippen LogP contribution >= 0.6 is 0 Å². The molecule has 11 aliphatic carbocycles. The Bertz CT molecular complexity index is 5750. The molecule has 14 aromatic carbocycles. The zero-order valence-corrected chi connectivity index (χ0v) is 61.3. The minimum absolute atomic E-state index is 0.0734. The van der Waals surface area contributed by atoms with Crippen LogP contribution in [-0.4, -0.2) is 0 Å². The van der Waals surface area contributed by atoms with E-state index in [4.69, 9.17) is 0 Å². The summed E-state index contributed by atoms with van der Waals surface area (Å²) in [5.74, 6) is 7.01. The summed E-state index contributed by atoms with van der Waals surface area (Å²) >= 11 is 0. The summed E-state index contributed by atoms with van der Waals surface area (Å²) in [6.07, 6.45) is 14.4. The smallest absolute Gasteiger partial charge is 0.0468 e. The van der Waals surface area contributed by atoms with Crippen LogP contribution in [0, 0.1) is 47.3 Å². The van der Waals surface area contributed by atoms with Gasteiger partial charge in [0.05, 0.1) is 0 Å². The molecule has 8 fully saturated rings. The highest BCUT2D eigenvalue weighted by molar-refractivity contribution is 5.93. The molecule has 8 saturated carbocycles. The fourth-order valence-electron chi connectivity index (χ4n) is 24.2. The van der Waals surface area contributed by atoms with Crippen LogP contribution in [0.1, 0.15) is 111 Å². The Hall–Kier alpha value is -11.1. The van der Waals surface area contributed by atoms with Crippen molar-refractivity contribution in [2.45, 2.75) is 94.3 Å². The predicted octanol–water partition coefficient (Wildman–Crippen LogP) is 27.9. The van der Waals surface area contributed by atoms with E-state index in [1.165, 1.54) is 170 Å². The van der Waals surface area contributed by atoms with Crippen LogP contribution in [0.4, 0.5) is 34.1 Å². The number of rotatable bonds is 10. The zero-order valence-electron chi connectivity index (χ0n) is 61.3. The van der Waals surface area contributed by atoms with E-state index in [0.29, 0.717) is 0 Å². The Morgan fingerprint density at radius 3 is 0.935 bits per heavy atom. The van der Waals surface area contributed by atoms with Crippen molar-refractivity contribution in [1.29, 1.82) is 0 Å². The quantitative estimate of drug-likeness (QED) is 0.135. The standard InChI is InChI=1S/C55H47N.C50H41N/c1-54(2)50-14-8-6-12-46(50)48-26-25-45(34-53(48)54)56(43-21-16-38(17-22-43)37-10-4-3-5-11-37)44-23-18-39(19-24-44)40-20-27-52-49(33-40)47-13-7-9-15-51(47)55(52)41-29-35-28-36(31-41)32-42(55)30-35;1-2-8-35(9-3-1)37-14-20-43(21-15-37)51(45-24-18-36-10-4-5-11-39(36)31-45)44-22-16-38(17-23-44)40-19-25-49-47(32-40)46-12-6-7-13-48(46)50(49)41-27-33-26-34(29-41)30-42(50)28-33/h3-27,33-36,41-42H,28-32H2,1-2H3;1-25,31-34,41-42H,26-30H2. The van der Waals surface area contributed by atoms with E-state index in [0.717, 1.165) is 75.8 Å². The molecule has 0 aliphatic heterocycles. The largest absolute Gasteiger partial charge is 0.310 e. The molecular formula is C105H88N2. The zero-order chi connectivity index (χ0) is 70.7. The molecule has 0 unspecified atom stereocenters. The SMILES string of the molecule is CC1(C)c2ccccc2-c2ccc(N(c3ccc(-c4ccccc4)cc3)c3ccc(-c4ccc5c(c4)-c4ccccc4C54C5CC6CC(C5)CC4C6)cc3)cc21.c1ccc(-c2ccc(N(c3ccc(-c4ccc5c(c4)-c4ccccc4C54C5CC6CC(C5)CC4C6)cc3)c3ccc4ccccc4c3)cc2)cc1. The summed E-state index contributed by atoms with van der Waals surface area (Å²) in [6, 6.07) is 123. The molecule has 0 saturated heterocycles. The van der Waals surface area contributed by atoms with Crippen molar-refractivity contribution in [3.05, 3.63) is 361 Å². The van der Waals surface area contributed by atoms with E-state index in [-0.39, 0.29) is 16.2 Å². The maximum absolute atomic E-state index is 2.55. The second kappa shape index (κ2) is 24.5. The van der Waals surface area contributed by atoms with E-state index in [9.17, 15) is 0 Å². The van der Waals surface area contributed by atoms with Crippen LogP contribution in [-0.2, 0) is 16.2 Å². The highest BCUT2D eigenvalue weighted by Crippen LogP contribution is 2.71. The van der Waals surface area contributed by atoms with Gasteiger partial charge in [0.1, 0.15) is 0 Å². The van der Waals surface area contributed by atoms with E-state index in [2.05, 4.69) is 351 Å². The highest BCUT2D eigenvalue weighted by Gasteiger charge is 2.63. The van der Waals surface area contributed by atoms with Gasteiger partial charge < -0.3 is 9.80 Å². The number of nitrogens with zero attached hydrogens (tertiary/aromatic N) is 2. The molecule has 107 heavy (non-hydrogen) atoms. The Balaban J connectivity index is 0.000000134. The van der Waals surface area contributed by atoms with Crippen molar-refractivity contribution in [3.63, 3.8) is 0 Å². The van der Waals surface area contributed by atoms with Crippen molar-refractivity contribution in [1.82, 2.24) is 0 Å². The van der Waals surface area contributed by atoms with Crippen molar-refractivity contribution < 1.29 is 0 Å². The predicted molar refractivity (Wildman–Crippen MR) is 446 cm³/mol. The average Bonchev–Trinajstić information content (AvgIpc) is 1.56. The topological polar surface area (TPSA) is 6.48 Å². The van der Waals surface area contributed by atoms with Gasteiger partial charge in [-0.05, 0) is 319 Å². The summed E-state index contributed by atoms with van der Waals surface area (Å²) < 4.78 is 0. The second-order valence-electron chi connectivity index (χ2n) is 34.0. The van der Waals surface area contributed by atoms with Crippen LogP contribution in [0.3, 0.4) is 0 Å². The molecular weight excluding hydrogens is 1290 g/mol. The van der Waals surface area contributed by atoms with Gasteiger partial charge in [0.25, 0.3) is 0 Å². The normalized spacial score (nSPS) is 23.9. The molecule has 0 atom stereocenters. The van der Waals surface area contributed by atoms with Crippen molar-refractivity contribution in [3.8, 4) is 77.9 Å². The third kappa shape index (κ3) is 9.82. The van der Waals surface area contributed by atoms with Crippen LogP contribution in [0.5, 0.6) is 0 Å². The van der Waals surface area contributed by atoms with Crippen LogP contribution in [0.2, 0.25) is 0 Å². The Kier molecular flexibility index (Phi) is 14.5. The lowest BCUT2D eigenvalue weighted by Gasteiger charge is -2.61. The van der Waals surface area contributed by atoms with Gasteiger partial charge in [0.15, 0.2) is 0 Å². The minimum atomic E-state index is -0.0734. The van der Waals surface area contributed by atoms with Gasteiger partial charge in [-0.25, -0.2) is 0 Å². The van der Waals surface area contributed by atoms with Crippen LogP contribution in [0.15, 0.2) is 328 Å². The number of anilines is 6. The first kappa shape index (κ1) is 63.2. The van der Waals surface area contributed by atoms with Crippen molar-refractivity contribution in [2.75, 3.05) is 9.80 Å². The summed E-state index contributed by atoms with van der Waals surface area (Å²) in [6.45, 7) is 4.74. The van der Waals surface area contributed by atoms with Gasteiger partial charge in [0.2, 0.25) is 0 Å². The average molecular weight is 1380 g/mol. The van der Waals surface area contributed by atoms with E-state index < -0.39 is 0 Å². The molecule has 518 valence electrons. The van der Waals surface area contributed by atoms with Gasteiger partial charge in [-0.2, -0.15) is 0 Å². The molecule has 2 nitrogen and oxygen atoms in total. The van der Waals surface area contributed by atoms with Gasteiger partial charge in [-0.1, -0.05) is 257 Å². The maximum Gasteiger partial charge on any atom is 0.0468 e. The molecule has 2 spiro atoms. The van der Waals surface area contributed by atoms with Crippen LogP contribution < -0.4 is 9.80 Å². The van der Waals surface area contributed by atoms with Gasteiger partial charge in [-0.15, -0.1) is 0 Å². The second-order valence-corrected chi connectivity index (χ2v) is 34.0. The minimum Gasteiger partial charge on any atom is -0.310 e. The third-order valence-electron chi connectivity index (χ3n) is 28.3. The number of benzene rings is 14. The first-order valence-electron chi connectivity index (χ1n) is 40.0. The third-order valence-corrected chi connectivity index (χ3v) is 28.3. The summed E-state index contributed by atoms with van der Waals surface area (Å²) in [5, 5.41) is 2.50. The molecule has 0 aromatic heterocycles. The van der Waals surface area contributed by atoms with Crippen LogP contribution in [0.25, 0.3) is 88.7 Å². The fraction of sp³-hybridized carbons (Fsp3) is 0.219. The first-order chi connectivity index (χ1) is 52.7. The molecule has 11 aliphatic rings. The summed E-state index contributed by atoms with van der Waals surface area (Å²) in [4.78, 5) is 4.83. The molecule has 0 amide bonds. The first-order valence-corrected chi connectivity index (χ1v) is 40.0. The molecule has 25 rings (SSSR count). The fourth-order valence-corrected chi connectivity index (χ4v) is 24.2. The lowest BCUT2D eigenvalue weighted by atomic mass is 9.43. The lowest BCUT2D eigenvalue weighted by molar-refractivity contribution is -0.0399. The number of hydrogen-bond acceptors (Lipinski definition) is 2. The maximum atomic E-state index is 2.55. The molecule has 14 aromatic rings. The molecule has 0 heterocycles. The van der Waals surface area contributed by atoms with Gasteiger partial charge >= 0.3 is 0 Å². The Labute approximate surface area is 631 Å². The van der Waals surface area contributed by atoms with Gasteiger partial charge in [-0.3, -0.25) is 0 Å². The lowest BCUT2D eigenvalue weighted by Crippen LogP contribution is -2.55. The molecule has 2 heteroatoms. The number of fused-ring (bicyclic) bond motifs is 10. The van der Waals surface area contributed by atoms with Crippen molar-refractivity contribution >= 4 is 44.9 Å². The summed E-state index contributed by atoms with van der Waals surface area (Å²) in [5.41, 5.74) is 35.3. The van der Waals surface area contributed by atoms with E-state index in [1.54, 1.807) is 22.3 Å². The Morgan fingerprint density at radius 1 is 0.206 bits per heavy atom. The Morgan fingerprint density at radius 2 is 0.505 bits per heavy atom. The number of hydrogen-bond donors (Lipinski definition) is 0.